The summed E-state index contributed by atoms with van der Waals surface area (Å²) >= 11 is 6.18. The molecule has 20 heavy (non-hydrogen) atoms. The molecule has 0 amide bonds. The number of hydrogen-bond acceptors (Lipinski definition) is 4. The first-order valence-corrected chi connectivity index (χ1v) is 7.35. The van der Waals surface area contributed by atoms with Crippen LogP contribution in [0.2, 0.25) is 5.15 Å². The van der Waals surface area contributed by atoms with Gasteiger partial charge in [0, 0.05) is 37.0 Å². The molecule has 0 spiro atoms. The molecule has 0 radical (unpaired) electrons. The lowest BCUT2D eigenvalue weighted by Gasteiger charge is -2.11. The van der Waals surface area contributed by atoms with Crippen molar-refractivity contribution in [3.8, 4) is 0 Å². The van der Waals surface area contributed by atoms with E-state index in [4.69, 9.17) is 11.6 Å². The van der Waals surface area contributed by atoms with Crippen molar-refractivity contribution in [2.45, 2.75) is 38.6 Å². The molecule has 1 aliphatic rings. The monoisotopic (exact) mass is 291 g/mol. The third-order valence-electron chi connectivity index (χ3n) is 3.49. The summed E-state index contributed by atoms with van der Waals surface area (Å²) in [5, 5.41) is 3.94. The maximum atomic E-state index is 6.18. The minimum absolute atomic E-state index is 0.514. The maximum Gasteiger partial charge on any atom is 0.137 e. The van der Waals surface area contributed by atoms with E-state index >= 15 is 0 Å². The van der Waals surface area contributed by atoms with Crippen molar-refractivity contribution in [2.75, 3.05) is 11.9 Å². The van der Waals surface area contributed by atoms with Gasteiger partial charge in [-0.25, -0.2) is 15.0 Å². The lowest BCUT2D eigenvalue weighted by Crippen LogP contribution is -2.10. The maximum absolute atomic E-state index is 6.18. The van der Waals surface area contributed by atoms with Crippen LogP contribution >= 0.6 is 11.6 Å². The molecule has 1 aliphatic carbocycles. The Morgan fingerprint density at radius 1 is 1.40 bits per heavy atom. The van der Waals surface area contributed by atoms with Gasteiger partial charge in [-0.2, -0.15) is 0 Å². The molecule has 0 aromatic carbocycles. The minimum atomic E-state index is 0.514. The van der Waals surface area contributed by atoms with E-state index in [0.29, 0.717) is 11.1 Å². The summed E-state index contributed by atoms with van der Waals surface area (Å²) < 4.78 is 2.07. The van der Waals surface area contributed by atoms with Crippen LogP contribution in [-0.4, -0.2) is 26.1 Å². The summed E-state index contributed by atoms with van der Waals surface area (Å²) in [7, 11) is 0. The van der Waals surface area contributed by atoms with Crippen LogP contribution in [0.5, 0.6) is 0 Å². The van der Waals surface area contributed by atoms with Gasteiger partial charge in [-0.3, -0.25) is 0 Å². The van der Waals surface area contributed by atoms with Gasteiger partial charge < -0.3 is 9.88 Å². The summed E-state index contributed by atoms with van der Waals surface area (Å²) in [6.45, 7) is 3.76. The van der Waals surface area contributed by atoms with Gasteiger partial charge in [0.25, 0.3) is 0 Å². The average Bonchev–Trinajstić information content (AvgIpc) is 3.16. The largest absolute Gasteiger partial charge is 0.370 e. The molecular weight excluding hydrogens is 274 g/mol. The van der Waals surface area contributed by atoms with Gasteiger partial charge in [-0.1, -0.05) is 11.6 Å². The zero-order chi connectivity index (χ0) is 13.9. The van der Waals surface area contributed by atoms with Crippen molar-refractivity contribution >= 4 is 17.4 Å². The van der Waals surface area contributed by atoms with Crippen molar-refractivity contribution in [1.82, 2.24) is 19.5 Å². The molecule has 0 unspecified atom stereocenters. The van der Waals surface area contributed by atoms with E-state index in [1.54, 1.807) is 6.20 Å². The van der Waals surface area contributed by atoms with E-state index in [-0.39, 0.29) is 0 Å². The lowest BCUT2D eigenvalue weighted by atomic mass is 10.3. The van der Waals surface area contributed by atoms with Crippen molar-refractivity contribution in [2.24, 2.45) is 0 Å². The Bertz CT molecular complexity index is 578. The van der Waals surface area contributed by atoms with E-state index in [2.05, 4.69) is 24.8 Å². The summed E-state index contributed by atoms with van der Waals surface area (Å²) in [5.74, 6) is 2.27. The second-order valence-electron chi connectivity index (χ2n) is 5.20. The number of nitrogens with one attached hydrogen (secondary N) is 1. The Morgan fingerprint density at radius 3 is 2.95 bits per heavy atom. The molecule has 0 aliphatic heterocycles. The number of rotatable bonds is 6. The van der Waals surface area contributed by atoms with E-state index in [1.165, 1.54) is 12.8 Å². The molecule has 1 fully saturated rings. The van der Waals surface area contributed by atoms with Gasteiger partial charge in [0.1, 0.15) is 16.8 Å². The fraction of sp³-hybridized carbons (Fsp3) is 0.500. The van der Waals surface area contributed by atoms with Crippen LogP contribution in [0, 0.1) is 6.92 Å². The summed E-state index contributed by atoms with van der Waals surface area (Å²) in [6, 6.07) is 0. The third kappa shape index (κ3) is 3.10. The second kappa shape index (κ2) is 5.79. The van der Waals surface area contributed by atoms with Crippen LogP contribution in [0.1, 0.15) is 36.6 Å². The van der Waals surface area contributed by atoms with Gasteiger partial charge in [0.15, 0.2) is 0 Å². The molecule has 5 nitrogen and oxygen atoms in total. The highest BCUT2D eigenvalue weighted by molar-refractivity contribution is 6.30. The van der Waals surface area contributed by atoms with Gasteiger partial charge in [0.05, 0.1) is 6.33 Å². The Labute approximate surface area is 123 Å². The second-order valence-corrected chi connectivity index (χ2v) is 5.56. The Balaban J connectivity index is 1.58. The molecule has 2 aromatic rings. The Morgan fingerprint density at radius 2 is 2.25 bits per heavy atom. The first kappa shape index (κ1) is 13.4. The average molecular weight is 292 g/mol. The Kier molecular flexibility index (Phi) is 3.87. The molecule has 2 heterocycles. The van der Waals surface area contributed by atoms with Crippen LogP contribution < -0.4 is 5.32 Å². The highest BCUT2D eigenvalue weighted by Gasteiger charge is 2.27. The van der Waals surface area contributed by atoms with Crippen molar-refractivity contribution in [3.63, 3.8) is 0 Å². The molecule has 0 atom stereocenters. The van der Waals surface area contributed by atoms with Gasteiger partial charge in [-0.15, -0.1) is 0 Å². The van der Waals surface area contributed by atoms with Crippen molar-refractivity contribution < 1.29 is 0 Å². The summed E-state index contributed by atoms with van der Waals surface area (Å²) in [4.78, 5) is 13.0. The van der Waals surface area contributed by atoms with Gasteiger partial charge >= 0.3 is 0 Å². The molecule has 6 heteroatoms. The number of aromatic nitrogens is 4. The first-order valence-electron chi connectivity index (χ1n) is 6.97. The van der Waals surface area contributed by atoms with E-state index in [1.807, 2.05) is 19.4 Å². The van der Waals surface area contributed by atoms with Crippen LogP contribution in [0.25, 0.3) is 0 Å². The molecule has 3 rings (SSSR count). The highest BCUT2D eigenvalue weighted by Crippen LogP contribution is 2.39. The smallest absolute Gasteiger partial charge is 0.137 e. The number of nitrogens with zero attached hydrogens (tertiary/aromatic N) is 4. The minimum Gasteiger partial charge on any atom is -0.370 e. The zero-order valence-corrected chi connectivity index (χ0v) is 12.3. The predicted molar refractivity (Wildman–Crippen MR) is 79.1 cm³/mol. The number of imidazole rings is 1. The fourth-order valence-electron chi connectivity index (χ4n) is 2.09. The number of anilines is 1. The van der Waals surface area contributed by atoms with Crippen LogP contribution in [-0.2, 0) is 6.54 Å². The van der Waals surface area contributed by atoms with Crippen LogP contribution in [0.3, 0.4) is 0 Å². The van der Waals surface area contributed by atoms with Crippen molar-refractivity contribution in [3.05, 3.63) is 35.3 Å². The topological polar surface area (TPSA) is 55.6 Å². The highest BCUT2D eigenvalue weighted by atomic mass is 35.5. The lowest BCUT2D eigenvalue weighted by molar-refractivity contribution is 0.659. The molecule has 0 saturated heterocycles. The quantitative estimate of drug-likeness (QED) is 0.656. The third-order valence-corrected chi connectivity index (χ3v) is 3.86. The van der Waals surface area contributed by atoms with Crippen LogP contribution in [0.15, 0.2) is 18.7 Å². The Hall–Kier alpha value is -1.62. The predicted octanol–water partition coefficient (Wildman–Crippen LogP) is 3.01. The van der Waals surface area contributed by atoms with Crippen molar-refractivity contribution in [1.29, 1.82) is 0 Å². The zero-order valence-electron chi connectivity index (χ0n) is 11.5. The summed E-state index contributed by atoms with van der Waals surface area (Å²) in [5.41, 5.74) is 0.929. The van der Waals surface area contributed by atoms with Crippen LogP contribution in [0.4, 0.5) is 5.82 Å². The fourth-order valence-corrected chi connectivity index (χ4v) is 2.27. The molecule has 2 aromatic heterocycles. The molecule has 1 saturated carbocycles. The normalized spacial score (nSPS) is 14.5. The summed E-state index contributed by atoms with van der Waals surface area (Å²) in [6.07, 6.45) is 8.97. The number of halogens is 1. The molecular formula is C14H18ClN5. The standard InChI is InChI=1S/C14H18ClN5/c1-10-12(15)18-14(11-3-4-11)19-13(10)17-5-2-7-20-8-6-16-9-20/h6,8-9,11H,2-5,7H2,1H3,(H,17,18,19). The van der Waals surface area contributed by atoms with Gasteiger partial charge in [0.2, 0.25) is 0 Å². The SMILES string of the molecule is Cc1c(Cl)nc(C2CC2)nc1NCCCn1ccnc1. The number of hydrogen-bond donors (Lipinski definition) is 1. The molecule has 106 valence electrons. The molecule has 1 N–H and O–H groups in total. The van der Waals surface area contributed by atoms with E-state index in [9.17, 15) is 0 Å². The number of aryl methyl sites for hydroxylation is 1. The van der Waals surface area contributed by atoms with E-state index in [0.717, 1.165) is 36.7 Å². The molecule has 0 bridgehead atoms. The van der Waals surface area contributed by atoms with Gasteiger partial charge in [-0.05, 0) is 26.2 Å². The van der Waals surface area contributed by atoms with E-state index < -0.39 is 0 Å². The first-order chi connectivity index (χ1) is 9.74.